The van der Waals surface area contributed by atoms with Gasteiger partial charge < -0.3 is 5.11 Å². The second-order valence-electron chi connectivity index (χ2n) is 4.46. The normalized spacial score (nSPS) is 11.0. The number of para-hydroxylation sites is 1. The Kier molecular flexibility index (Phi) is 2.56. The van der Waals surface area contributed by atoms with Crippen molar-refractivity contribution in [2.24, 2.45) is 0 Å². The maximum absolute atomic E-state index is 10.0. The van der Waals surface area contributed by atoms with Gasteiger partial charge in [-0.25, -0.2) is 4.98 Å². The Hall–Kier alpha value is -1.87. The number of benzene rings is 2. The fraction of sp³-hybridized carbons (Fsp3) is 0.133. The number of aromatic nitrogens is 1. The number of thiazole rings is 1. The van der Waals surface area contributed by atoms with Crippen molar-refractivity contribution in [3.8, 4) is 16.3 Å². The second-order valence-corrected chi connectivity index (χ2v) is 5.49. The quantitative estimate of drug-likeness (QED) is 0.703. The lowest BCUT2D eigenvalue weighted by atomic mass is 10.1. The van der Waals surface area contributed by atoms with E-state index >= 15 is 0 Å². The Morgan fingerprint density at radius 2 is 1.94 bits per heavy atom. The first-order chi connectivity index (χ1) is 8.65. The lowest BCUT2D eigenvalue weighted by Gasteiger charge is -2.01. The lowest BCUT2D eigenvalue weighted by molar-refractivity contribution is 0.477. The van der Waals surface area contributed by atoms with Gasteiger partial charge in [0.2, 0.25) is 0 Å². The molecule has 0 aliphatic rings. The molecule has 1 aromatic heterocycles. The van der Waals surface area contributed by atoms with Crippen molar-refractivity contribution in [3.05, 3.63) is 47.5 Å². The van der Waals surface area contributed by atoms with Crippen LogP contribution in [0.2, 0.25) is 0 Å². The van der Waals surface area contributed by atoms with Crippen molar-refractivity contribution in [3.63, 3.8) is 0 Å². The largest absolute Gasteiger partial charge is 0.507 e. The maximum atomic E-state index is 10.0. The van der Waals surface area contributed by atoms with E-state index in [4.69, 9.17) is 0 Å². The minimum Gasteiger partial charge on any atom is -0.507 e. The van der Waals surface area contributed by atoms with Gasteiger partial charge in [0, 0.05) is 0 Å². The van der Waals surface area contributed by atoms with E-state index in [9.17, 15) is 5.11 Å². The molecule has 3 rings (SSSR count). The van der Waals surface area contributed by atoms with Crippen molar-refractivity contribution in [2.75, 3.05) is 0 Å². The van der Waals surface area contributed by atoms with E-state index in [-0.39, 0.29) is 0 Å². The van der Waals surface area contributed by atoms with Crippen molar-refractivity contribution in [1.82, 2.24) is 4.98 Å². The zero-order chi connectivity index (χ0) is 12.7. The molecule has 0 aliphatic heterocycles. The highest BCUT2D eigenvalue weighted by Gasteiger charge is 2.11. The van der Waals surface area contributed by atoms with E-state index in [0.717, 1.165) is 26.4 Å². The van der Waals surface area contributed by atoms with Gasteiger partial charge in [-0.1, -0.05) is 18.2 Å². The Morgan fingerprint density at radius 1 is 1.11 bits per heavy atom. The summed E-state index contributed by atoms with van der Waals surface area (Å²) in [6, 6.07) is 11.9. The Balaban J connectivity index is 2.23. The molecule has 3 heteroatoms. The molecular formula is C15H13NOS. The van der Waals surface area contributed by atoms with E-state index in [1.54, 1.807) is 17.4 Å². The predicted molar refractivity (Wildman–Crippen MR) is 76.2 cm³/mol. The molecule has 0 unspecified atom stereocenters. The van der Waals surface area contributed by atoms with Crippen molar-refractivity contribution in [1.29, 1.82) is 0 Å². The molecule has 3 aromatic rings. The summed E-state index contributed by atoms with van der Waals surface area (Å²) in [5.41, 5.74) is 4.05. The van der Waals surface area contributed by atoms with E-state index < -0.39 is 0 Å². The van der Waals surface area contributed by atoms with Crippen LogP contribution < -0.4 is 0 Å². The molecule has 0 saturated heterocycles. The third-order valence-electron chi connectivity index (χ3n) is 3.00. The van der Waals surface area contributed by atoms with Gasteiger partial charge in [0.15, 0.2) is 0 Å². The Morgan fingerprint density at radius 3 is 2.67 bits per heavy atom. The van der Waals surface area contributed by atoms with Crippen LogP contribution in [-0.2, 0) is 0 Å². The molecule has 0 radical (unpaired) electrons. The molecule has 0 saturated carbocycles. The summed E-state index contributed by atoms with van der Waals surface area (Å²) < 4.78 is 1.16. The van der Waals surface area contributed by atoms with Gasteiger partial charge in [0.05, 0.1) is 15.8 Å². The average Bonchev–Trinajstić information content (AvgIpc) is 2.74. The minimum absolute atomic E-state index is 0.298. The molecule has 0 bridgehead atoms. The van der Waals surface area contributed by atoms with E-state index in [2.05, 4.69) is 24.0 Å². The molecule has 90 valence electrons. The fourth-order valence-corrected chi connectivity index (χ4v) is 3.10. The summed E-state index contributed by atoms with van der Waals surface area (Å²) in [7, 11) is 0. The monoisotopic (exact) mass is 255 g/mol. The van der Waals surface area contributed by atoms with Gasteiger partial charge in [-0.3, -0.25) is 0 Å². The van der Waals surface area contributed by atoms with Crippen LogP contribution in [0.3, 0.4) is 0 Å². The highest BCUT2D eigenvalue weighted by Crippen LogP contribution is 2.36. The topological polar surface area (TPSA) is 33.1 Å². The zero-order valence-electron chi connectivity index (χ0n) is 10.3. The number of hydrogen-bond donors (Lipinski definition) is 1. The van der Waals surface area contributed by atoms with Crippen molar-refractivity contribution < 1.29 is 5.11 Å². The molecule has 0 atom stereocenters. The summed E-state index contributed by atoms with van der Waals surface area (Å²) in [6.07, 6.45) is 0. The molecule has 1 heterocycles. The first kappa shape index (κ1) is 11.2. The summed E-state index contributed by atoms with van der Waals surface area (Å²) >= 11 is 1.61. The molecule has 0 spiro atoms. The Labute approximate surface area is 110 Å². The molecule has 2 nitrogen and oxygen atoms in total. The molecular weight excluding hydrogens is 242 g/mol. The molecule has 0 amide bonds. The van der Waals surface area contributed by atoms with Crippen LogP contribution in [0, 0.1) is 13.8 Å². The average molecular weight is 255 g/mol. The van der Waals surface area contributed by atoms with Crippen molar-refractivity contribution >= 4 is 21.6 Å². The van der Waals surface area contributed by atoms with Crippen LogP contribution in [0.1, 0.15) is 11.1 Å². The number of fused-ring (bicyclic) bond motifs is 1. The summed E-state index contributed by atoms with van der Waals surface area (Å²) in [5, 5.41) is 10.9. The predicted octanol–water partition coefficient (Wildman–Crippen LogP) is 4.29. The molecule has 0 fully saturated rings. The van der Waals surface area contributed by atoms with Gasteiger partial charge in [-0.2, -0.15) is 0 Å². The summed E-state index contributed by atoms with van der Waals surface area (Å²) in [6.45, 7) is 4.02. The first-order valence-corrected chi connectivity index (χ1v) is 6.63. The molecule has 2 aromatic carbocycles. The van der Waals surface area contributed by atoms with Crippen LogP contribution >= 0.6 is 11.3 Å². The van der Waals surface area contributed by atoms with Gasteiger partial charge in [-0.15, -0.1) is 11.3 Å². The SMILES string of the molecule is Cc1ccc(-c2nc3c(C)cccc3s2)c(O)c1. The number of hydrogen-bond acceptors (Lipinski definition) is 3. The number of aryl methyl sites for hydroxylation is 2. The van der Waals surface area contributed by atoms with Crippen LogP contribution in [0.5, 0.6) is 5.75 Å². The minimum atomic E-state index is 0.298. The number of aromatic hydroxyl groups is 1. The van der Waals surface area contributed by atoms with Gasteiger partial charge in [-0.05, 0) is 43.2 Å². The Bertz CT molecular complexity index is 730. The molecule has 18 heavy (non-hydrogen) atoms. The van der Waals surface area contributed by atoms with E-state index in [1.165, 1.54) is 5.56 Å². The van der Waals surface area contributed by atoms with E-state index in [1.807, 2.05) is 25.1 Å². The molecule has 0 aliphatic carbocycles. The summed E-state index contributed by atoms with van der Waals surface area (Å²) in [5.74, 6) is 0.298. The first-order valence-electron chi connectivity index (χ1n) is 5.81. The van der Waals surface area contributed by atoms with Crippen LogP contribution in [0.15, 0.2) is 36.4 Å². The van der Waals surface area contributed by atoms with Crippen molar-refractivity contribution in [2.45, 2.75) is 13.8 Å². The standard InChI is InChI=1S/C15H13NOS/c1-9-6-7-11(12(17)8-9)15-16-14-10(2)4-3-5-13(14)18-15/h3-8,17H,1-2H3. The van der Waals surface area contributed by atoms with Crippen LogP contribution in [0.4, 0.5) is 0 Å². The lowest BCUT2D eigenvalue weighted by Crippen LogP contribution is -1.80. The third-order valence-corrected chi connectivity index (χ3v) is 4.06. The number of rotatable bonds is 1. The van der Waals surface area contributed by atoms with Crippen LogP contribution in [0.25, 0.3) is 20.8 Å². The summed E-state index contributed by atoms with van der Waals surface area (Å²) in [4.78, 5) is 4.63. The number of nitrogens with zero attached hydrogens (tertiary/aromatic N) is 1. The number of phenolic OH excluding ortho intramolecular Hbond substituents is 1. The molecule has 1 N–H and O–H groups in total. The van der Waals surface area contributed by atoms with Gasteiger partial charge in [0.1, 0.15) is 10.8 Å². The van der Waals surface area contributed by atoms with Gasteiger partial charge >= 0.3 is 0 Å². The fourth-order valence-electron chi connectivity index (χ4n) is 2.02. The maximum Gasteiger partial charge on any atom is 0.128 e. The highest BCUT2D eigenvalue weighted by molar-refractivity contribution is 7.21. The van der Waals surface area contributed by atoms with E-state index in [0.29, 0.717) is 5.75 Å². The van der Waals surface area contributed by atoms with Crippen LogP contribution in [-0.4, -0.2) is 10.1 Å². The zero-order valence-corrected chi connectivity index (χ0v) is 11.1. The number of phenols is 1. The van der Waals surface area contributed by atoms with Gasteiger partial charge in [0.25, 0.3) is 0 Å². The third kappa shape index (κ3) is 1.77. The smallest absolute Gasteiger partial charge is 0.128 e. The highest BCUT2D eigenvalue weighted by atomic mass is 32.1. The second kappa shape index (κ2) is 4.10.